The molecule has 0 saturated carbocycles. The summed E-state index contributed by atoms with van der Waals surface area (Å²) < 4.78 is 5.64. The highest BCUT2D eigenvalue weighted by Crippen LogP contribution is 2.32. The Morgan fingerprint density at radius 2 is 1.59 bits per heavy atom. The zero-order chi connectivity index (χ0) is 11.8. The van der Waals surface area contributed by atoms with Crippen LogP contribution in [-0.2, 0) is 0 Å². The predicted molar refractivity (Wildman–Crippen MR) is 71.1 cm³/mol. The van der Waals surface area contributed by atoms with Crippen molar-refractivity contribution in [2.75, 3.05) is 0 Å². The maximum Gasteiger partial charge on any atom is 0.134 e. The first-order valence-corrected chi connectivity index (χ1v) is 5.79. The van der Waals surface area contributed by atoms with Crippen molar-refractivity contribution in [1.82, 2.24) is 0 Å². The van der Waals surface area contributed by atoms with E-state index in [4.69, 9.17) is 4.42 Å². The number of hydrogen-bond donors (Lipinski definition) is 0. The van der Waals surface area contributed by atoms with Gasteiger partial charge in [-0.2, -0.15) is 0 Å². The van der Waals surface area contributed by atoms with Gasteiger partial charge < -0.3 is 4.42 Å². The van der Waals surface area contributed by atoms with Crippen LogP contribution in [0.15, 0.2) is 53.1 Å². The van der Waals surface area contributed by atoms with Crippen molar-refractivity contribution in [2.24, 2.45) is 0 Å². The minimum atomic E-state index is 0.965. The molecule has 0 fully saturated rings. The molecule has 0 spiro atoms. The van der Waals surface area contributed by atoms with Gasteiger partial charge in [-0.1, -0.05) is 30.3 Å². The molecule has 2 aromatic carbocycles. The van der Waals surface area contributed by atoms with Crippen molar-refractivity contribution in [2.45, 2.75) is 13.8 Å². The van der Waals surface area contributed by atoms with Gasteiger partial charge in [0.1, 0.15) is 5.58 Å². The van der Waals surface area contributed by atoms with Gasteiger partial charge in [0, 0.05) is 10.9 Å². The van der Waals surface area contributed by atoms with E-state index >= 15 is 0 Å². The summed E-state index contributed by atoms with van der Waals surface area (Å²) in [5, 5.41) is 1.19. The summed E-state index contributed by atoms with van der Waals surface area (Å²) in [5.41, 5.74) is 5.91. The van der Waals surface area contributed by atoms with E-state index in [1.165, 1.54) is 27.6 Å². The summed E-state index contributed by atoms with van der Waals surface area (Å²) in [5.74, 6) is 0. The van der Waals surface area contributed by atoms with E-state index in [2.05, 4.69) is 50.2 Å². The molecule has 0 aliphatic carbocycles. The lowest BCUT2D eigenvalue weighted by Gasteiger charge is -2.01. The van der Waals surface area contributed by atoms with Gasteiger partial charge in [-0.15, -0.1) is 0 Å². The van der Waals surface area contributed by atoms with E-state index in [1.807, 2.05) is 12.3 Å². The molecule has 1 heteroatoms. The van der Waals surface area contributed by atoms with Crippen LogP contribution >= 0.6 is 0 Å². The topological polar surface area (TPSA) is 13.1 Å². The molecule has 0 aliphatic rings. The van der Waals surface area contributed by atoms with E-state index in [0.717, 1.165) is 5.58 Å². The van der Waals surface area contributed by atoms with Crippen LogP contribution in [0.2, 0.25) is 0 Å². The molecule has 3 aromatic rings. The maximum absolute atomic E-state index is 5.64. The van der Waals surface area contributed by atoms with Gasteiger partial charge in [0.15, 0.2) is 0 Å². The van der Waals surface area contributed by atoms with Crippen molar-refractivity contribution >= 4 is 11.0 Å². The van der Waals surface area contributed by atoms with Gasteiger partial charge >= 0.3 is 0 Å². The molecule has 17 heavy (non-hydrogen) atoms. The number of aryl methyl sites for hydroxylation is 2. The molecular weight excluding hydrogens is 208 g/mol. The van der Waals surface area contributed by atoms with E-state index < -0.39 is 0 Å². The first-order chi connectivity index (χ1) is 8.25. The quantitative estimate of drug-likeness (QED) is 0.580. The molecule has 0 aliphatic heterocycles. The molecule has 1 nitrogen and oxygen atoms in total. The molecule has 0 saturated heterocycles. The van der Waals surface area contributed by atoms with Crippen LogP contribution in [0.25, 0.3) is 22.1 Å². The molecule has 1 heterocycles. The Balaban J connectivity index is 2.29. The van der Waals surface area contributed by atoms with Gasteiger partial charge in [-0.25, -0.2) is 0 Å². The van der Waals surface area contributed by atoms with Gasteiger partial charge in [0.2, 0.25) is 0 Å². The normalized spacial score (nSPS) is 10.9. The second kappa shape index (κ2) is 3.77. The second-order valence-electron chi connectivity index (χ2n) is 4.45. The molecule has 0 amide bonds. The molecule has 0 unspecified atom stereocenters. The van der Waals surface area contributed by atoms with Gasteiger partial charge in [-0.05, 0) is 42.7 Å². The molecular formula is C16H14O. The lowest BCUT2D eigenvalue weighted by atomic mass is 10.0. The lowest BCUT2D eigenvalue weighted by molar-refractivity contribution is 0.616. The summed E-state index contributed by atoms with van der Waals surface area (Å²) in [4.78, 5) is 0. The Kier molecular flexibility index (Phi) is 2.25. The summed E-state index contributed by atoms with van der Waals surface area (Å²) in [6.07, 6.45) is 1.85. The molecule has 0 N–H and O–H groups in total. The summed E-state index contributed by atoms with van der Waals surface area (Å²) in [6, 6.07) is 14.7. The predicted octanol–water partition coefficient (Wildman–Crippen LogP) is 4.72. The third kappa shape index (κ3) is 1.64. The summed E-state index contributed by atoms with van der Waals surface area (Å²) in [7, 11) is 0. The van der Waals surface area contributed by atoms with E-state index in [0.29, 0.717) is 0 Å². The van der Waals surface area contributed by atoms with E-state index in [-0.39, 0.29) is 0 Å². The zero-order valence-corrected chi connectivity index (χ0v) is 10.0. The van der Waals surface area contributed by atoms with Crippen LogP contribution in [0.5, 0.6) is 0 Å². The smallest absolute Gasteiger partial charge is 0.134 e. The van der Waals surface area contributed by atoms with Crippen molar-refractivity contribution in [3.05, 3.63) is 59.9 Å². The van der Waals surface area contributed by atoms with Gasteiger partial charge in [0.05, 0.1) is 6.26 Å². The third-order valence-electron chi connectivity index (χ3n) is 3.27. The Morgan fingerprint density at radius 1 is 0.882 bits per heavy atom. The minimum Gasteiger partial charge on any atom is -0.464 e. The Bertz CT molecular complexity index is 663. The highest BCUT2D eigenvalue weighted by atomic mass is 16.3. The molecule has 0 radical (unpaired) electrons. The Hall–Kier alpha value is -2.02. The minimum absolute atomic E-state index is 0.965. The van der Waals surface area contributed by atoms with Crippen LogP contribution in [0.1, 0.15) is 11.1 Å². The van der Waals surface area contributed by atoms with Crippen molar-refractivity contribution in [3.63, 3.8) is 0 Å². The van der Waals surface area contributed by atoms with Crippen LogP contribution in [0, 0.1) is 13.8 Å². The van der Waals surface area contributed by atoms with E-state index in [1.54, 1.807) is 0 Å². The molecule has 84 valence electrons. The zero-order valence-electron chi connectivity index (χ0n) is 10.0. The highest BCUT2D eigenvalue weighted by Gasteiger charge is 2.08. The number of hydrogen-bond acceptors (Lipinski definition) is 1. The van der Waals surface area contributed by atoms with Gasteiger partial charge in [0.25, 0.3) is 0 Å². The second-order valence-corrected chi connectivity index (χ2v) is 4.45. The first-order valence-electron chi connectivity index (χ1n) is 5.79. The SMILES string of the molecule is Cc1cc2occ(-c3ccccc3)c2cc1C. The molecule has 1 aromatic heterocycles. The number of fused-ring (bicyclic) bond motifs is 1. The lowest BCUT2D eigenvalue weighted by Crippen LogP contribution is -1.80. The van der Waals surface area contributed by atoms with Crippen molar-refractivity contribution in [3.8, 4) is 11.1 Å². The average molecular weight is 222 g/mol. The molecule has 0 bridgehead atoms. The van der Waals surface area contributed by atoms with Crippen molar-refractivity contribution in [1.29, 1.82) is 0 Å². The van der Waals surface area contributed by atoms with E-state index in [9.17, 15) is 0 Å². The van der Waals surface area contributed by atoms with Crippen LogP contribution in [0.3, 0.4) is 0 Å². The fraction of sp³-hybridized carbons (Fsp3) is 0.125. The summed E-state index contributed by atoms with van der Waals surface area (Å²) >= 11 is 0. The Morgan fingerprint density at radius 3 is 2.35 bits per heavy atom. The highest BCUT2D eigenvalue weighted by molar-refractivity contribution is 5.94. The number of furan rings is 1. The van der Waals surface area contributed by atoms with Crippen molar-refractivity contribution < 1.29 is 4.42 Å². The largest absolute Gasteiger partial charge is 0.464 e. The average Bonchev–Trinajstić information content (AvgIpc) is 2.74. The Labute approximate surface area is 101 Å². The first kappa shape index (κ1) is 10.2. The monoisotopic (exact) mass is 222 g/mol. The molecule has 3 rings (SSSR count). The number of benzene rings is 2. The standard InChI is InChI=1S/C16H14O/c1-11-8-14-15(13-6-4-3-5-7-13)10-17-16(14)9-12(11)2/h3-10H,1-2H3. The summed E-state index contributed by atoms with van der Waals surface area (Å²) in [6.45, 7) is 4.25. The van der Waals surface area contributed by atoms with Crippen LogP contribution < -0.4 is 0 Å². The fourth-order valence-corrected chi connectivity index (χ4v) is 2.12. The van der Waals surface area contributed by atoms with Crippen LogP contribution in [0.4, 0.5) is 0 Å². The third-order valence-corrected chi connectivity index (χ3v) is 3.27. The molecule has 0 atom stereocenters. The number of rotatable bonds is 1. The van der Waals surface area contributed by atoms with Crippen LogP contribution in [-0.4, -0.2) is 0 Å². The van der Waals surface area contributed by atoms with Gasteiger partial charge in [-0.3, -0.25) is 0 Å². The fourth-order valence-electron chi connectivity index (χ4n) is 2.12. The maximum atomic E-state index is 5.64.